The van der Waals surface area contributed by atoms with Crippen molar-refractivity contribution in [3.63, 3.8) is 0 Å². The predicted molar refractivity (Wildman–Crippen MR) is 114 cm³/mol. The molecule has 0 saturated carbocycles. The summed E-state index contributed by atoms with van der Waals surface area (Å²) in [5, 5.41) is 3.29. The van der Waals surface area contributed by atoms with E-state index in [0.29, 0.717) is 23.0 Å². The Kier molecular flexibility index (Phi) is 4.81. The number of thiazole rings is 1. The van der Waals surface area contributed by atoms with Crippen molar-refractivity contribution in [3.05, 3.63) is 39.9 Å². The quantitative estimate of drug-likeness (QED) is 0.831. The van der Waals surface area contributed by atoms with Gasteiger partial charge in [-0.15, -0.1) is 0 Å². The first kappa shape index (κ1) is 19.8. The molecule has 6 nitrogen and oxygen atoms in total. The summed E-state index contributed by atoms with van der Waals surface area (Å²) in [5.41, 5.74) is 3.69. The largest absolute Gasteiger partial charge is 0.311 e. The van der Waals surface area contributed by atoms with Crippen molar-refractivity contribution >= 4 is 39.8 Å². The lowest BCUT2D eigenvalue weighted by atomic mass is 9.78. The lowest BCUT2D eigenvalue weighted by molar-refractivity contribution is -0.122. The second-order valence-corrected chi connectivity index (χ2v) is 9.85. The van der Waals surface area contributed by atoms with Crippen LogP contribution in [0.1, 0.15) is 53.2 Å². The van der Waals surface area contributed by atoms with Crippen molar-refractivity contribution in [3.8, 4) is 0 Å². The molecular formula is C22H25N3O3S. The van der Waals surface area contributed by atoms with Crippen molar-refractivity contribution in [1.82, 2.24) is 4.98 Å². The van der Waals surface area contributed by atoms with E-state index in [4.69, 9.17) is 0 Å². The summed E-state index contributed by atoms with van der Waals surface area (Å²) >= 11 is 1.24. The van der Waals surface area contributed by atoms with Crippen LogP contribution in [0.5, 0.6) is 0 Å². The second-order valence-electron chi connectivity index (χ2n) is 8.85. The molecule has 4 rings (SSSR count). The Bertz CT molecular complexity index is 1020. The Morgan fingerprint density at radius 2 is 2.00 bits per heavy atom. The molecule has 1 N–H and O–H groups in total. The van der Waals surface area contributed by atoms with E-state index in [1.165, 1.54) is 11.3 Å². The number of Topliss-reactive ketones (excluding diaryl/α,β-unsaturated/α-hetero) is 1. The molecule has 1 aliphatic heterocycles. The third-order valence-electron chi connectivity index (χ3n) is 5.83. The van der Waals surface area contributed by atoms with Gasteiger partial charge in [0.1, 0.15) is 0 Å². The Labute approximate surface area is 174 Å². The van der Waals surface area contributed by atoms with Crippen LogP contribution in [-0.4, -0.2) is 29.1 Å². The molecule has 1 atom stereocenters. The summed E-state index contributed by atoms with van der Waals surface area (Å²) in [6, 6.07) is 5.86. The molecular weight excluding hydrogens is 386 g/mol. The third-order valence-corrected chi connectivity index (χ3v) is 6.88. The first-order chi connectivity index (χ1) is 13.6. The SMILES string of the molecule is Cc1cccc(N2C[C@H](C(=O)Nc3nc4c(s3)C(=O)CC(C)(C)C4)CC2=O)c1C. The molecule has 1 fully saturated rings. The number of carbonyl (C=O) groups excluding carboxylic acids is 3. The number of benzene rings is 1. The lowest BCUT2D eigenvalue weighted by Gasteiger charge is -2.26. The van der Waals surface area contributed by atoms with Gasteiger partial charge in [-0.1, -0.05) is 37.3 Å². The Hall–Kier alpha value is -2.54. The molecule has 2 heterocycles. The summed E-state index contributed by atoms with van der Waals surface area (Å²) in [5.74, 6) is -0.611. The van der Waals surface area contributed by atoms with Gasteiger partial charge in [0.15, 0.2) is 10.9 Å². The van der Waals surface area contributed by atoms with Gasteiger partial charge in [0.25, 0.3) is 0 Å². The van der Waals surface area contributed by atoms with Gasteiger partial charge in [-0.2, -0.15) is 0 Å². The molecule has 0 spiro atoms. The van der Waals surface area contributed by atoms with Gasteiger partial charge in [-0.3, -0.25) is 14.4 Å². The van der Waals surface area contributed by atoms with E-state index >= 15 is 0 Å². The number of ketones is 1. The van der Waals surface area contributed by atoms with Crippen LogP contribution in [0.2, 0.25) is 0 Å². The number of aryl methyl sites for hydroxylation is 1. The molecule has 0 bridgehead atoms. The van der Waals surface area contributed by atoms with Gasteiger partial charge in [-0.05, 0) is 42.9 Å². The first-order valence-electron chi connectivity index (χ1n) is 9.85. The maximum atomic E-state index is 12.8. The minimum atomic E-state index is -0.435. The van der Waals surface area contributed by atoms with Gasteiger partial charge < -0.3 is 10.2 Å². The maximum absolute atomic E-state index is 12.8. The normalized spacial score (nSPS) is 20.7. The van der Waals surface area contributed by atoms with Crippen molar-refractivity contribution in [2.24, 2.45) is 11.3 Å². The molecule has 1 aromatic carbocycles. The topological polar surface area (TPSA) is 79.4 Å². The van der Waals surface area contributed by atoms with Crippen LogP contribution in [0.4, 0.5) is 10.8 Å². The Morgan fingerprint density at radius 1 is 1.24 bits per heavy atom. The Balaban J connectivity index is 1.48. The monoisotopic (exact) mass is 411 g/mol. The first-order valence-corrected chi connectivity index (χ1v) is 10.7. The van der Waals surface area contributed by atoms with Crippen LogP contribution in [0.25, 0.3) is 0 Å². The number of hydrogen-bond donors (Lipinski definition) is 1. The van der Waals surface area contributed by atoms with E-state index in [9.17, 15) is 14.4 Å². The zero-order valence-electron chi connectivity index (χ0n) is 17.2. The summed E-state index contributed by atoms with van der Waals surface area (Å²) in [4.78, 5) is 44.6. The van der Waals surface area contributed by atoms with Crippen LogP contribution in [0, 0.1) is 25.2 Å². The minimum absolute atomic E-state index is 0.0470. The van der Waals surface area contributed by atoms with Crippen LogP contribution >= 0.6 is 11.3 Å². The molecule has 29 heavy (non-hydrogen) atoms. The summed E-state index contributed by atoms with van der Waals surface area (Å²) < 4.78 is 0. The number of anilines is 2. The second kappa shape index (κ2) is 7.06. The van der Waals surface area contributed by atoms with Gasteiger partial charge in [-0.25, -0.2) is 4.98 Å². The molecule has 2 aliphatic rings. The number of amides is 2. The van der Waals surface area contributed by atoms with Gasteiger partial charge in [0.05, 0.1) is 16.5 Å². The molecule has 2 aromatic rings. The highest BCUT2D eigenvalue weighted by molar-refractivity contribution is 7.17. The summed E-state index contributed by atoms with van der Waals surface area (Å²) in [6.45, 7) is 8.46. The van der Waals surface area contributed by atoms with Gasteiger partial charge in [0, 0.05) is 25.1 Å². The van der Waals surface area contributed by atoms with E-state index in [-0.39, 0.29) is 29.4 Å². The fourth-order valence-electron chi connectivity index (χ4n) is 4.13. The number of fused-ring (bicyclic) bond motifs is 1. The van der Waals surface area contributed by atoms with Crippen LogP contribution in [0.3, 0.4) is 0 Å². The van der Waals surface area contributed by atoms with Crippen LogP contribution < -0.4 is 10.2 Å². The number of hydrogen-bond acceptors (Lipinski definition) is 5. The fraction of sp³-hybridized carbons (Fsp3) is 0.455. The van der Waals surface area contributed by atoms with E-state index in [2.05, 4.69) is 24.1 Å². The molecule has 1 aromatic heterocycles. The fourth-order valence-corrected chi connectivity index (χ4v) is 5.05. The molecule has 7 heteroatoms. The average molecular weight is 412 g/mol. The predicted octanol–water partition coefficient (Wildman–Crippen LogP) is 3.91. The van der Waals surface area contributed by atoms with Crippen molar-refractivity contribution in [1.29, 1.82) is 0 Å². The number of rotatable bonds is 3. The maximum Gasteiger partial charge on any atom is 0.231 e. The number of aromatic nitrogens is 1. The van der Waals surface area contributed by atoms with Crippen LogP contribution in [0.15, 0.2) is 18.2 Å². The highest BCUT2D eigenvalue weighted by Crippen LogP contribution is 2.38. The van der Waals surface area contributed by atoms with Crippen molar-refractivity contribution in [2.45, 2.75) is 47.0 Å². The lowest BCUT2D eigenvalue weighted by Crippen LogP contribution is -2.28. The minimum Gasteiger partial charge on any atom is -0.311 e. The smallest absolute Gasteiger partial charge is 0.231 e. The van der Waals surface area contributed by atoms with Gasteiger partial charge in [0.2, 0.25) is 11.8 Å². The highest BCUT2D eigenvalue weighted by Gasteiger charge is 2.37. The van der Waals surface area contributed by atoms with Gasteiger partial charge >= 0.3 is 0 Å². The summed E-state index contributed by atoms with van der Waals surface area (Å²) in [7, 11) is 0. The van der Waals surface area contributed by atoms with E-state index in [1.807, 2.05) is 32.0 Å². The molecule has 152 valence electrons. The summed E-state index contributed by atoms with van der Waals surface area (Å²) in [6.07, 6.45) is 1.40. The standard InChI is InChI=1S/C22H25N3O3S/c1-12-6-5-7-16(13(12)2)25-11-14(8-18(25)27)20(28)24-21-23-15-9-22(3,4)10-17(26)19(15)29-21/h5-7,14H,8-11H2,1-4H3,(H,23,24,28)/t14-/m1/s1. The highest BCUT2D eigenvalue weighted by atomic mass is 32.1. The molecule has 0 unspecified atom stereocenters. The van der Waals surface area contributed by atoms with Crippen molar-refractivity contribution < 1.29 is 14.4 Å². The van der Waals surface area contributed by atoms with E-state index in [1.54, 1.807) is 4.90 Å². The third kappa shape index (κ3) is 3.71. The molecule has 2 amide bonds. The zero-order chi connectivity index (χ0) is 20.9. The van der Waals surface area contributed by atoms with Crippen LogP contribution in [-0.2, 0) is 16.0 Å². The van der Waals surface area contributed by atoms with Crippen molar-refractivity contribution in [2.75, 3.05) is 16.8 Å². The molecule has 0 radical (unpaired) electrons. The number of nitrogens with zero attached hydrogens (tertiary/aromatic N) is 2. The Morgan fingerprint density at radius 3 is 2.76 bits per heavy atom. The molecule has 1 saturated heterocycles. The zero-order valence-corrected chi connectivity index (χ0v) is 18.0. The number of carbonyl (C=O) groups is 3. The average Bonchev–Trinajstić information content (AvgIpc) is 3.20. The molecule has 1 aliphatic carbocycles. The van der Waals surface area contributed by atoms with E-state index in [0.717, 1.165) is 28.9 Å². The number of nitrogens with one attached hydrogen (secondary N) is 1. The van der Waals surface area contributed by atoms with E-state index < -0.39 is 5.92 Å².